The van der Waals surface area contributed by atoms with Crippen molar-refractivity contribution in [1.29, 1.82) is 0 Å². The van der Waals surface area contributed by atoms with E-state index >= 15 is 0 Å². The first kappa shape index (κ1) is 18.4. The smallest absolute Gasteiger partial charge is 0.269 e. The van der Waals surface area contributed by atoms with E-state index in [4.69, 9.17) is 0 Å². The second kappa shape index (κ2) is 7.95. The number of hydrogen-bond acceptors (Lipinski definition) is 6. The Labute approximate surface area is 166 Å². The highest BCUT2D eigenvalue weighted by molar-refractivity contribution is 8.03. The minimum atomic E-state index is -0.842. The van der Waals surface area contributed by atoms with Gasteiger partial charge in [-0.25, -0.2) is 0 Å². The van der Waals surface area contributed by atoms with Gasteiger partial charge in [0.25, 0.3) is 5.69 Å². The van der Waals surface area contributed by atoms with Crippen LogP contribution in [0.5, 0.6) is 0 Å². The zero-order valence-corrected chi connectivity index (χ0v) is 15.6. The van der Waals surface area contributed by atoms with E-state index in [1.807, 2.05) is 18.2 Å². The lowest BCUT2D eigenvalue weighted by Crippen LogP contribution is -2.39. The predicted octanol–water partition coefficient (Wildman–Crippen LogP) is 3.39. The Bertz CT molecular complexity index is 957. The Morgan fingerprint density at radius 3 is 2.68 bits per heavy atom. The molecule has 0 radical (unpaired) electrons. The number of rotatable bonds is 5. The fourth-order valence-electron chi connectivity index (χ4n) is 3.25. The number of nitro benzene ring substituents is 1. The maximum Gasteiger partial charge on any atom is 0.269 e. The predicted molar refractivity (Wildman–Crippen MR) is 111 cm³/mol. The SMILES string of the molecule is O=[N+]([O-])c1ccc([C@@H](O)CN=C2NC=N[C@H]3SC=C(c4ccccc4)[C@@H]23)cc1. The molecule has 2 heterocycles. The summed E-state index contributed by atoms with van der Waals surface area (Å²) in [6.45, 7) is 0.157. The molecular formula is C20H18N4O3S. The maximum atomic E-state index is 10.8. The molecule has 0 bridgehead atoms. The molecule has 2 aromatic carbocycles. The Balaban J connectivity index is 1.52. The van der Waals surface area contributed by atoms with Gasteiger partial charge in [0.15, 0.2) is 0 Å². The average molecular weight is 394 g/mol. The molecule has 4 rings (SSSR count). The van der Waals surface area contributed by atoms with Crippen LogP contribution >= 0.6 is 11.8 Å². The summed E-state index contributed by atoms with van der Waals surface area (Å²) in [5.41, 5.74) is 2.88. The number of non-ortho nitro benzene ring substituents is 1. The molecule has 142 valence electrons. The largest absolute Gasteiger partial charge is 0.386 e. The number of fused-ring (bicyclic) bond motifs is 1. The fraction of sp³-hybridized carbons (Fsp3) is 0.200. The molecule has 0 spiro atoms. The molecule has 3 atom stereocenters. The number of nitro groups is 1. The monoisotopic (exact) mass is 394 g/mol. The normalized spacial score (nSPS) is 23.0. The van der Waals surface area contributed by atoms with Crippen LogP contribution in [0.3, 0.4) is 0 Å². The third-order valence-corrected chi connectivity index (χ3v) is 5.78. The van der Waals surface area contributed by atoms with Crippen molar-refractivity contribution in [2.45, 2.75) is 11.5 Å². The summed E-state index contributed by atoms with van der Waals surface area (Å²) in [7, 11) is 0. The number of hydrogen-bond donors (Lipinski definition) is 2. The van der Waals surface area contributed by atoms with Crippen LogP contribution in [0.25, 0.3) is 5.57 Å². The third kappa shape index (κ3) is 3.69. The van der Waals surface area contributed by atoms with Crippen LogP contribution < -0.4 is 5.32 Å². The van der Waals surface area contributed by atoms with Crippen LogP contribution in [0.2, 0.25) is 0 Å². The molecule has 0 saturated carbocycles. The molecule has 8 heteroatoms. The lowest BCUT2D eigenvalue weighted by Gasteiger charge is -2.25. The second-order valence-corrected chi connectivity index (χ2v) is 7.45. The number of amidine groups is 1. The topological polar surface area (TPSA) is 100 Å². The number of thioether (sulfide) groups is 1. The molecule has 7 nitrogen and oxygen atoms in total. The number of nitrogens with one attached hydrogen (secondary N) is 1. The molecular weight excluding hydrogens is 376 g/mol. The van der Waals surface area contributed by atoms with Crippen molar-refractivity contribution in [1.82, 2.24) is 5.32 Å². The first-order valence-corrected chi connectivity index (χ1v) is 9.73. The Morgan fingerprint density at radius 1 is 1.21 bits per heavy atom. The zero-order valence-electron chi connectivity index (χ0n) is 14.8. The van der Waals surface area contributed by atoms with Crippen LogP contribution in [0.1, 0.15) is 17.2 Å². The van der Waals surface area contributed by atoms with E-state index in [0.29, 0.717) is 5.56 Å². The van der Waals surface area contributed by atoms with Crippen molar-refractivity contribution < 1.29 is 10.0 Å². The van der Waals surface area contributed by atoms with Crippen molar-refractivity contribution in [3.63, 3.8) is 0 Å². The van der Waals surface area contributed by atoms with Gasteiger partial charge in [0.2, 0.25) is 0 Å². The van der Waals surface area contributed by atoms with E-state index in [9.17, 15) is 15.2 Å². The molecule has 0 amide bonds. The van der Waals surface area contributed by atoms with E-state index in [2.05, 4.69) is 32.8 Å². The minimum Gasteiger partial charge on any atom is -0.386 e. The van der Waals surface area contributed by atoms with E-state index in [0.717, 1.165) is 17.0 Å². The molecule has 0 aromatic heterocycles. The van der Waals surface area contributed by atoms with E-state index in [-0.39, 0.29) is 23.5 Å². The van der Waals surface area contributed by atoms with Gasteiger partial charge in [-0.3, -0.25) is 20.1 Å². The van der Waals surface area contributed by atoms with Gasteiger partial charge in [0.05, 0.1) is 29.8 Å². The lowest BCUT2D eigenvalue weighted by molar-refractivity contribution is -0.384. The van der Waals surface area contributed by atoms with Crippen LogP contribution in [-0.4, -0.2) is 34.1 Å². The number of benzene rings is 2. The van der Waals surface area contributed by atoms with E-state index in [1.54, 1.807) is 30.2 Å². The number of aliphatic imine (C=N–C) groups is 2. The van der Waals surface area contributed by atoms with Crippen LogP contribution in [0.15, 0.2) is 70.0 Å². The number of aliphatic hydroxyl groups excluding tert-OH is 1. The molecule has 2 aliphatic heterocycles. The Hall–Kier alpha value is -2.97. The fourth-order valence-corrected chi connectivity index (χ4v) is 4.38. The molecule has 2 N–H and O–H groups in total. The molecule has 2 aromatic rings. The van der Waals surface area contributed by atoms with E-state index < -0.39 is 11.0 Å². The molecule has 0 aliphatic carbocycles. The van der Waals surface area contributed by atoms with Crippen LogP contribution in [-0.2, 0) is 0 Å². The maximum absolute atomic E-state index is 10.8. The highest BCUT2D eigenvalue weighted by Gasteiger charge is 2.36. The van der Waals surface area contributed by atoms with Gasteiger partial charge in [-0.15, -0.1) is 11.8 Å². The molecule has 0 fully saturated rings. The van der Waals surface area contributed by atoms with Gasteiger partial charge in [-0.2, -0.15) is 0 Å². The molecule has 0 saturated heterocycles. The van der Waals surface area contributed by atoms with Crippen molar-refractivity contribution in [3.05, 3.63) is 81.2 Å². The van der Waals surface area contributed by atoms with Crippen molar-refractivity contribution >= 4 is 35.2 Å². The highest BCUT2D eigenvalue weighted by Crippen LogP contribution is 2.43. The number of aliphatic hydroxyl groups is 1. The van der Waals surface area contributed by atoms with Gasteiger partial charge < -0.3 is 10.4 Å². The van der Waals surface area contributed by atoms with E-state index in [1.165, 1.54) is 12.1 Å². The average Bonchev–Trinajstić information content (AvgIpc) is 3.17. The molecule has 28 heavy (non-hydrogen) atoms. The standard InChI is InChI=1S/C20H18N4O3S/c25-17(14-6-8-15(9-7-14)24(26)27)10-21-19-18-16(13-4-2-1-3-5-13)11-28-20(18)23-12-22-19/h1-9,11-12,17-18,20,25H,10H2,(H,21,22,23)/t17-,18-,20-/m0/s1. The van der Waals surface area contributed by atoms with Crippen LogP contribution in [0.4, 0.5) is 5.69 Å². The number of nitrogens with zero attached hydrogens (tertiary/aromatic N) is 3. The summed E-state index contributed by atoms with van der Waals surface area (Å²) in [6.07, 6.45) is 0.804. The van der Waals surface area contributed by atoms with Crippen LogP contribution in [0, 0.1) is 16.0 Å². The summed E-state index contributed by atoms with van der Waals surface area (Å²) >= 11 is 1.66. The summed E-state index contributed by atoms with van der Waals surface area (Å²) < 4.78 is 0. The molecule has 2 aliphatic rings. The highest BCUT2D eigenvalue weighted by atomic mass is 32.2. The molecule has 0 unspecified atom stereocenters. The quantitative estimate of drug-likeness (QED) is 0.598. The first-order chi connectivity index (χ1) is 13.6. The van der Waals surface area contributed by atoms with Gasteiger partial charge in [-0.05, 0) is 34.2 Å². The Kier molecular flexibility index (Phi) is 5.23. The van der Waals surface area contributed by atoms with Gasteiger partial charge >= 0.3 is 0 Å². The minimum absolute atomic E-state index is 0.00135. The van der Waals surface area contributed by atoms with Gasteiger partial charge in [0.1, 0.15) is 11.2 Å². The summed E-state index contributed by atoms with van der Waals surface area (Å²) in [4.78, 5) is 19.4. The van der Waals surface area contributed by atoms with Gasteiger partial charge in [-0.1, -0.05) is 30.3 Å². The lowest BCUT2D eigenvalue weighted by atomic mass is 9.92. The van der Waals surface area contributed by atoms with Gasteiger partial charge in [0, 0.05) is 12.1 Å². The van der Waals surface area contributed by atoms with Crippen molar-refractivity contribution in [3.8, 4) is 0 Å². The summed E-state index contributed by atoms with van der Waals surface area (Å²) in [6, 6.07) is 16.0. The summed E-state index contributed by atoms with van der Waals surface area (Å²) in [5.74, 6) is 0.766. The Morgan fingerprint density at radius 2 is 1.96 bits per heavy atom. The van der Waals surface area contributed by atoms with Crippen molar-refractivity contribution in [2.75, 3.05) is 6.54 Å². The third-order valence-electron chi connectivity index (χ3n) is 4.71. The second-order valence-electron chi connectivity index (χ2n) is 6.46. The van der Waals surface area contributed by atoms with Crippen molar-refractivity contribution in [2.24, 2.45) is 15.9 Å². The zero-order chi connectivity index (χ0) is 19.5. The summed E-state index contributed by atoms with van der Waals surface area (Å²) in [5, 5.41) is 26.5. The first-order valence-electron chi connectivity index (χ1n) is 8.79.